The average Bonchev–Trinajstić information content (AvgIpc) is 2.66. The molecule has 3 N–H and O–H groups in total. The van der Waals surface area contributed by atoms with Crippen molar-refractivity contribution >= 4 is 35.1 Å². The van der Waals surface area contributed by atoms with E-state index in [-0.39, 0.29) is 5.11 Å². The molecule has 1 saturated heterocycles. The van der Waals surface area contributed by atoms with E-state index in [4.69, 9.17) is 29.6 Å². The molecule has 0 saturated carbocycles. The quantitative estimate of drug-likeness (QED) is 0.443. The van der Waals surface area contributed by atoms with Crippen LogP contribution in [0.25, 0.3) is 0 Å². The van der Waals surface area contributed by atoms with Crippen molar-refractivity contribution in [1.29, 1.82) is 0 Å². The number of halogens is 1. The van der Waals surface area contributed by atoms with Gasteiger partial charge in [-0.1, -0.05) is 54.1 Å². The Morgan fingerprint density at radius 1 is 1.04 bits per heavy atom. The van der Waals surface area contributed by atoms with Crippen LogP contribution < -0.4 is 11.2 Å². The van der Waals surface area contributed by atoms with Gasteiger partial charge in [-0.2, -0.15) is 5.10 Å². The fourth-order valence-electron chi connectivity index (χ4n) is 3.11. The molecule has 1 heterocycles. The Morgan fingerprint density at radius 3 is 2.30 bits per heavy atom. The fraction of sp³-hybridized carbons (Fsp3) is 0.300. The third-order valence-electron chi connectivity index (χ3n) is 4.59. The molecule has 1 aliphatic heterocycles. The summed E-state index contributed by atoms with van der Waals surface area (Å²) in [7, 11) is 0. The van der Waals surface area contributed by atoms with Crippen LogP contribution in [0, 0.1) is 0 Å². The Balaban J connectivity index is 1.45. The molecule has 0 radical (unpaired) electrons. The normalized spacial score (nSPS) is 15.9. The number of nitrogens with one attached hydrogen (secondary N) is 1. The molecular formula is C20H24ClN5S. The van der Waals surface area contributed by atoms with E-state index in [1.807, 2.05) is 30.3 Å². The lowest BCUT2D eigenvalue weighted by Gasteiger charge is -2.34. The zero-order valence-electron chi connectivity index (χ0n) is 15.1. The first-order valence-electron chi connectivity index (χ1n) is 8.96. The summed E-state index contributed by atoms with van der Waals surface area (Å²) in [4.78, 5) is 4.95. The molecule has 0 unspecified atom stereocenters. The van der Waals surface area contributed by atoms with Crippen molar-refractivity contribution in [3.8, 4) is 0 Å². The minimum Gasteiger partial charge on any atom is -0.375 e. The standard InChI is InChI=1S/C20H24ClN5S/c21-19-4-2-1-3-18(19)15-26-11-9-25(10-12-26)14-17-7-5-16(6-8-17)13-23-24-20(22)27/h1-8,13H,9-12,14-15H2,(H3,22,24,27)/b23-13+. The Labute approximate surface area is 170 Å². The third kappa shape index (κ3) is 6.29. The fourth-order valence-corrected chi connectivity index (χ4v) is 3.36. The van der Waals surface area contributed by atoms with Crippen molar-refractivity contribution in [2.24, 2.45) is 10.8 Å². The number of thiocarbonyl (C=S) groups is 1. The summed E-state index contributed by atoms with van der Waals surface area (Å²) in [5.41, 5.74) is 11.4. The van der Waals surface area contributed by atoms with Crippen LogP contribution in [0.5, 0.6) is 0 Å². The molecule has 27 heavy (non-hydrogen) atoms. The maximum atomic E-state index is 6.28. The highest BCUT2D eigenvalue weighted by molar-refractivity contribution is 7.80. The van der Waals surface area contributed by atoms with Gasteiger partial charge in [0.1, 0.15) is 0 Å². The lowest BCUT2D eigenvalue weighted by atomic mass is 10.1. The topological polar surface area (TPSA) is 56.9 Å². The van der Waals surface area contributed by atoms with Gasteiger partial charge in [-0.3, -0.25) is 15.2 Å². The Bertz CT molecular complexity index is 785. The number of piperazine rings is 1. The third-order valence-corrected chi connectivity index (χ3v) is 5.05. The van der Waals surface area contributed by atoms with Gasteiger partial charge in [0.05, 0.1) is 6.21 Å². The van der Waals surface area contributed by atoms with Gasteiger partial charge in [-0.15, -0.1) is 0 Å². The molecule has 7 heteroatoms. The minimum absolute atomic E-state index is 0.163. The van der Waals surface area contributed by atoms with Crippen LogP contribution in [0.3, 0.4) is 0 Å². The largest absolute Gasteiger partial charge is 0.375 e. The minimum atomic E-state index is 0.163. The molecule has 0 amide bonds. The summed E-state index contributed by atoms with van der Waals surface area (Å²) in [6.45, 7) is 6.11. The number of benzene rings is 2. The highest BCUT2D eigenvalue weighted by Crippen LogP contribution is 2.18. The number of hydrogen-bond acceptors (Lipinski definition) is 4. The smallest absolute Gasteiger partial charge is 0.184 e. The molecule has 0 bridgehead atoms. The van der Waals surface area contributed by atoms with Gasteiger partial charge in [-0.05, 0) is 35.0 Å². The second-order valence-electron chi connectivity index (χ2n) is 6.62. The van der Waals surface area contributed by atoms with E-state index < -0.39 is 0 Å². The van der Waals surface area contributed by atoms with Crippen LogP contribution in [0.4, 0.5) is 0 Å². The van der Waals surface area contributed by atoms with E-state index in [1.165, 1.54) is 11.1 Å². The summed E-state index contributed by atoms with van der Waals surface area (Å²) < 4.78 is 0. The van der Waals surface area contributed by atoms with Crippen LogP contribution in [0.15, 0.2) is 53.6 Å². The molecule has 0 aromatic heterocycles. The molecule has 0 atom stereocenters. The molecule has 2 aromatic rings. The van der Waals surface area contributed by atoms with E-state index in [0.717, 1.165) is 49.9 Å². The number of rotatable bonds is 6. The number of hydrazone groups is 1. The first kappa shape index (κ1) is 19.8. The van der Waals surface area contributed by atoms with Gasteiger partial charge in [0, 0.05) is 44.3 Å². The van der Waals surface area contributed by atoms with E-state index >= 15 is 0 Å². The molecule has 0 spiro atoms. The van der Waals surface area contributed by atoms with E-state index in [2.05, 4.69) is 38.5 Å². The molecule has 5 nitrogen and oxygen atoms in total. The van der Waals surface area contributed by atoms with Crippen LogP contribution in [0.1, 0.15) is 16.7 Å². The molecule has 1 aliphatic rings. The summed E-state index contributed by atoms with van der Waals surface area (Å²) in [6.07, 6.45) is 1.70. The Kier molecular flexibility index (Phi) is 7.18. The van der Waals surface area contributed by atoms with Crippen molar-refractivity contribution in [3.05, 3.63) is 70.2 Å². The number of hydrogen-bond donors (Lipinski definition) is 2. The Hall–Kier alpha value is -1.99. The molecule has 3 rings (SSSR count). The summed E-state index contributed by atoms with van der Waals surface area (Å²) in [6, 6.07) is 16.5. The van der Waals surface area contributed by atoms with Gasteiger partial charge < -0.3 is 5.73 Å². The predicted molar refractivity (Wildman–Crippen MR) is 116 cm³/mol. The Morgan fingerprint density at radius 2 is 1.67 bits per heavy atom. The lowest BCUT2D eigenvalue weighted by Crippen LogP contribution is -2.45. The van der Waals surface area contributed by atoms with Gasteiger partial charge in [-0.25, -0.2) is 0 Å². The highest BCUT2D eigenvalue weighted by atomic mass is 35.5. The van der Waals surface area contributed by atoms with E-state index in [1.54, 1.807) is 6.21 Å². The van der Waals surface area contributed by atoms with Crippen molar-refractivity contribution in [2.75, 3.05) is 26.2 Å². The molecule has 0 aliphatic carbocycles. The number of nitrogens with two attached hydrogens (primary N) is 1. The van der Waals surface area contributed by atoms with Crippen molar-refractivity contribution in [3.63, 3.8) is 0 Å². The zero-order chi connectivity index (χ0) is 19.1. The van der Waals surface area contributed by atoms with Gasteiger partial charge in [0.15, 0.2) is 5.11 Å². The molecule has 2 aromatic carbocycles. The zero-order valence-corrected chi connectivity index (χ0v) is 16.7. The van der Waals surface area contributed by atoms with Crippen molar-refractivity contribution < 1.29 is 0 Å². The average molecular weight is 402 g/mol. The van der Waals surface area contributed by atoms with Crippen LogP contribution in [-0.2, 0) is 13.1 Å². The maximum absolute atomic E-state index is 6.28. The lowest BCUT2D eigenvalue weighted by molar-refractivity contribution is 0.122. The second kappa shape index (κ2) is 9.80. The van der Waals surface area contributed by atoms with Crippen LogP contribution in [-0.4, -0.2) is 47.3 Å². The monoisotopic (exact) mass is 401 g/mol. The predicted octanol–water partition coefficient (Wildman–Crippen LogP) is 2.82. The van der Waals surface area contributed by atoms with Gasteiger partial charge in [0.25, 0.3) is 0 Å². The highest BCUT2D eigenvalue weighted by Gasteiger charge is 2.17. The van der Waals surface area contributed by atoms with Crippen molar-refractivity contribution in [1.82, 2.24) is 15.2 Å². The van der Waals surface area contributed by atoms with E-state index in [0.29, 0.717) is 0 Å². The van der Waals surface area contributed by atoms with Crippen molar-refractivity contribution in [2.45, 2.75) is 13.1 Å². The molecule has 1 fully saturated rings. The first-order chi connectivity index (χ1) is 13.1. The van der Waals surface area contributed by atoms with Gasteiger partial charge in [0.2, 0.25) is 0 Å². The SMILES string of the molecule is NC(=S)N/N=C/c1ccc(CN2CCN(Cc3ccccc3Cl)CC2)cc1. The first-order valence-corrected chi connectivity index (χ1v) is 9.74. The van der Waals surface area contributed by atoms with Gasteiger partial charge >= 0.3 is 0 Å². The number of nitrogens with zero attached hydrogens (tertiary/aromatic N) is 3. The second-order valence-corrected chi connectivity index (χ2v) is 7.47. The van der Waals surface area contributed by atoms with Crippen LogP contribution in [0.2, 0.25) is 5.02 Å². The molecule has 142 valence electrons. The molecular weight excluding hydrogens is 378 g/mol. The summed E-state index contributed by atoms with van der Waals surface area (Å²) >= 11 is 11.0. The van der Waals surface area contributed by atoms with E-state index in [9.17, 15) is 0 Å². The summed E-state index contributed by atoms with van der Waals surface area (Å²) in [5, 5.41) is 4.99. The van der Waals surface area contributed by atoms with Crippen LogP contribution >= 0.6 is 23.8 Å². The summed E-state index contributed by atoms with van der Waals surface area (Å²) in [5.74, 6) is 0. The maximum Gasteiger partial charge on any atom is 0.184 e.